The lowest BCUT2D eigenvalue weighted by molar-refractivity contribution is -0.114. The Kier molecular flexibility index (Phi) is 6.62. The summed E-state index contributed by atoms with van der Waals surface area (Å²) in [5.74, 6) is -0.706. The van der Waals surface area contributed by atoms with Gasteiger partial charge in [-0.15, -0.1) is 0 Å². The average Bonchev–Trinajstić information content (AvgIpc) is 2.70. The third-order valence-electron chi connectivity index (χ3n) is 4.26. The van der Waals surface area contributed by atoms with Gasteiger partial charge in [0.2, 0.25) is 5.91 Å². The van der Waals surface area contributed by atoms with Crippen molar-refractivity contribution in [2.45, 2.75) is 18.7 Å². The lowest BCUT2D eigenvalue weighted by Crippen LogP contribution is -2.15. The fourth-order valence-corrected chi connectivity index (χ4v) is 3.99. The van der Waals surface area contributed by atoms with Crippen LogP contribution in [0.15, 0.2) is 71.6 Å². The Morgan fingerprint density at radius 3 is 1.94 bits per heavy atom. The van der Waals surface area contributed by atoms with Gasteiger partial charge >= 0.3 is 0 Å². The van der Waals surface area contributed by atoms with Gasteiger partial charge in [0.05, 0.1) is 15.5 Å². The fraction of sp³-hybridized carbons (Fsp3) is 0.0909. The Morgan fingerprint density at radius 2 is 1.35 bits per heavy atom. The largest absolute Gasteiger partial charge is 0.326 e. The van der Waals surface area contributed by atoms with Crippen molar-refractivity contribution in [1.29, 1.82) is 0 Å². The summed E-state index contributed by atoms with van der Waals surface area (Å²) in [6.07, 6.45) is 0. The van der Waals surface area contributed by atoms with Crippen LogP contribution in [0.2, 0.25) is 5.02 Å². The van der Waals surface area contributed by atoms with Crippen LogP contribution >= 0.6 is 11.6 Å². The number of carbonyl (C=O) groups excluding carboxylic acids is 2. The molecule has 160 valence electrons. The van der Waals surface area contributed by atoms with E-state index in [0.29, 0.717) is 11.4 Å². The zero-order chi connectivity index (χ0) is 22.6. The highest BCUT2D eigenvalue weighted by atomic mass is 35.5. The summed E-state index contributed by atoms with van der Waals surface area (Å²) in [7, 11) is -3.82. The Bertz CT molecular complexity index is 1220. The minimum Gasteiger partial charge on any atom is -0.326 e. The second-order valence-corrected chi connectivity index (χ2v) is 8.92. The number of sulfonamides is 1. The number of hydrogen-bond donors (Lipinski definition) is 3. The molecule has 0 heterocycles. The predicted molar refractivity (Wildman–Crippen MR) is 122 cm³/mol. The zero-order valence-electron chi connectivity index (χ0n) is 16.8. The van der Waals surface area contributed by atoms with Gasteiger partial charge in [0.25, 0.3) is 15.9 Å². The Morgan fingerprint density at radius 1 is 0.806 bits per heavy atom. The second-order valence-electron chi connectivity index (χ2n) is 6.83. The Hall–Kier alpha value is -3.36. The predicted octanol–water partition coefficient (Wildman–Crippen LogP) is 4.66. The van der Waals surface area contributed by atoms with E-state index in [-0.39, 0.29) is 27.1 Å². The number of benzene rings is 3. The average molecular weight is 458 g/mol. The van der Waals surface area contributed by atoms with Crippen LogP contribution in [0.4, 0.5) is 17.1 Å². The molecule has 0 saturated heterocycles. The first-order chi connectivity index (χ1) is 14.6. The van der Waals surface area contributed by atoms with Crippen LogP contribution in [0.5, 0.6) is 0 Å². The van der Waals surface area contributed by atoms with E-state index < -0.39 is 15.9 Å². The highest BCUT2D eigenvalue weighted by molar-refractivity contribution is 7.92. The minimum absolute atomic E-state index is 0.108. The number of nitrogens with one attached hydrogen (secondary N) is 3. The van der Waals surface area contributed by atoms with Crippen molar-refractivity contribution in [3.63, 3.8) is 0 Å². The first-order valence-corrected chi connectivity index (χ1v) is 11.1. The molecular weight excluding hydrogens is 438 g/mol. The maximum atomic E-state index is 12.7. The number of carbonyl (C=O) groups is 2. The maximum Gasteiger partial charge on any atom is 0.261 e. The highest BCUT2D eigenvalue weighted by Gasteiger charge is 2.17. The molecule has 0 bridgehead atoms. The van der Waals surface area contributed by atoms with Gasteiger partial charge in [0, 0.05) is 24.0 Å². The van der Waals surface area contributed by atoms with E-state index in [1.807, 2.05) is 6.92 Å². The van der Waals surface area contributed by atoms with Crippen LogP contribution in [0.1, 0.15) is 22.8 Å². The molecule has 3 N–H and O–H groups in total. The lowest BCUT2D eigenvalue weighted by atomic mass is 10.2. The molecule has 0 aliphatic rings. The fourth-order valence-electron chi connectivity index (χ4n) is 2.73. The zero-order valence-corrected chi connectivity index (χ0v) is 18.3. The van der Waals surface area contributed by atoms with E-state index in [1.54, 1.807) is 36.4 Å². The molecule has 0 spiro atoms. The molecule has 0 atom stereocenters. The highest BCUT2D eigenvalue weighted by Crippen LogP contribution is 2.24. The lowest BCUT2D eigenvalue weighted by Gasteiger charge is -2.12. The first kappa shape index (κ1) is 22.3. The molecule has 9 heteroatoms. The molecule has 3 rings (SSSR count). The van der Waals surface area contributed by atoms with Crippen LogP contribution in [-0.4, -0.2) is 20.2 Å². The molecule has 0 aliphatic heterocycles. The molecule has 2 amide bonds. The molecule has 0 unspecified atom stereocenters. The summed E-state index contributed by atoms with van der Waals surface area (Å²) in [6.45, 7) is 3.26. The molecule has 0 radical (unpaired) electrons. The second kappa shape index (κ2) is 9.20. The van der Waals surface area contributed by atoms with E-state index in [2.05, 4.69) is 15.4 Å². The summed E-state index contributed by atoms with van der Waals surface area (Å²) in [4.78, 5) is 23.9. The molecular formula is C22H20ClN3O4S. The monoisotopic (exact) mass is 457 g/mol. The summed E-state index contributed by atoms with van der Waals surface area (Å²) in [5.41, 5.74) is 2.33. The smallest absolute Gasteiger partial charge is 0.261 e. The molecule has 7 nitrogen and oxygen atoms in total. The number of amides is 2. The van der Waals surface area contributed by atoms with Crippen LogP contribution in [-0.2, 0) is 14.8 Å². The van der Waals surface area contributed by atoms with Gasteiger partial charge in [-0.05, 0) is 61.5 Å². The van der Waals surface area contributed by atoms with Gasteiger partial charge in [0.1, 0.15) is 0 Å². The third-order valence-corrected chi connectivity index (χ3v) is 5.98. The SMILES string of the molecule is CC(=O)Nc1ccc(NC(=O)c2cc(NS(=O)(=O)c3ccc(C)cc3)ccc2Cl)cc1. The molecule has 3 aromatic carbocycles. The van der Waals surface area contributed by atoms with Crippen LogP contribution in [0.25, 0.3) is 0 Å². The van der Waals surface area contributed by atoms with Gasteiger partial charge < -0.3 is 10.6 Å². The minimum atomic E-state index is -3.82. The summed E-state index contributed by atoms with van der Waals surface area (Å²) in [5, 5.41) is 5.50. The topological polar surface area (TPSA) is 104 Å². The van der Waals surface area contributed by atoms with Gasteiger partial charge in [0.15, 0.2) is 0 Å². The van der Waals surface area contributed by atoms with E-state index >= 15 is 0 Å². The first-order valence-electron chi connectivity index (χ1n) is 9.22. The van der Waals surface area contributed by atoms with E-state index in [1.165, 1.54) is 37.3 Å². The summed E-state index contributed by atoms with van der Waals surface area (Å²) in [6, 6.07) is 17.2. The number of rotatable bonds is 6. The number of anilines is 3. The van der Waals surface area contributed by atoms with E-state index in [4.69, 9.17) is 11.6 Å². The van der Waals surface area contributed by atoms with Crippen molar-refractivity contribution in [2.75, 3.05) is 15.4 Å². The summed E-state index contributed by atoms with van der Waals surface area (Å²) < 4.78 is 27.7. The third kappa shape index (κ3) is 5.84. The quantitative estimate of drug-likeness (QED) is 0.500. The van der Waals surface area contributed by atoms with Gasteiger partial charge in [-0.1, -0.05) is 29.3 Å². The van der Waals surface area contributed by atoms with Crippen LogP contribution < -0.4 is 15.4 Å². The van der Waals surface area contributed by atoms with Crippen molar-refractivity contribution in [1.82, 2.24) is 0 Å². The molecule has 0 fully saturated rings. The van der Waals surface area contributed by atoms with Gasteiger partial charge in [-0.2, -0.15) is 0 Å². The van der Waals surface area contributed by atoms with Crippen molar-refractivity contribution in [2.24, 2.45) is 0 Å². The van der Waals surface area contributed by atoms with E-state index in [0.717, 1.165) is 5.56 Å². The Labute approximate surface area is 185 Å². The van der Waals surface area contributed by atoms with Crippen molar-refractivity contribution >= 4 is 50.5 Å². The maximum absolute atomic E-state index is 12.7. The van der Waals surface area contributed by atoms with Crippen LogP contribution in [0, 0.1) is 6.92 Å². The molecule has 31 heavy (non-hydrogen) atoms. The number of aryl methyl sites for hydroxylation is 1. The van der Waals surface area contributed by atoms with Crippen molar-refractivity contribution in [3.8, 4) is 0 Å². The van der Waals surface area contributed by atoms with E-state index in [9.17, 15) is 18.0 Å². The van der Waals surface area contributed by atoms with Crippen molar-refractivity contribution in [3.05, 3.63) is 82.9 Å². The van der Waals surface area contributed by atoms with Gasteiger partial charge in [-0.3, -0.25) is 14.3 Å². The molecule has 0 saturated carbocycles. The normalized spacial score (nSPS) is 10.9. The van der Waals surface area contributed by atoms with Crippen LogP contribution in [0.3, 0.4) is 0 Å². The molecule has 3 aromatic rings. The molecule has 0 aromatic heterocycles. The van der Waals surface area contributed by atoms with Gasteiger partial charge in [-0.25, -0.2) is 8.42 Å². The Balaban J connectivity index is 1.78. The van der Waals surface area contributed by atoms with Crippen molar-refractivity contribution < 1.29 is 18.0 Å². The number of halogens is 1. The number of hydrogen-bond acceptors (Lipinski definition) is 4. The molecule has 0 aliphatic carbocycles. The standard InChI is InChI=1S/C22H20ClN3O4S/c1-14-3-10-19(11-4-14)31(29,30)26-18-9-12-21(23)20(13-18)22(28)25-17-7-5-16(6-8-17)24-15(2)27/h3-13,26H,1-2H3,(H,24,27)(H,25,28). The summed E-state index contributed by atoms with van der Waals surface area (Å²) >= 11 is 6.16.